The maximum absolute atomic E-state index is 2.36. The molecule has 0 unspecified atom stereocenters. The largest absolute Gasteiger partial charge is 0.310 e. The second-order valence-electron chi connectivity index (χ2n) is 12.4. The van der Waals surface area contributed by atoms with Crippen LogP contribution in [0.5, 0.6) is 0 Å². The van der Waals surface area contributed by atoms with Gasteiger partial charge < -0.3 is 4.90 Å². The van der Waals surface area contributed by atoms with Crippen molar-refractivity contribution in [1.82, 2.24) is 0 Å². The molecule has 0 aromatic heterocycles. The fraction of sp³-hybridized carbons (Fsp3) is 0.0612. The number of hydrogen-bond donors (Lipinski definition) is 0. The van der Waals surface area contributed by atoms with Crippen LogP contribution in [0.3, 0.4) is 0 Å². The third-order valence-electron chi connectivity index (χ3n) is 9.16. The van der Waals surface area contributed by atoms with Crippen LogP contribution in [0.15, 0.2) is 200 Å². The fourth-order valence-electron chi connectivity index (χ4n) is 6.56. The van der Waals surface area contributed by atoms with Gasteiger partial charge in [-0.3, -0.25) is 0 Å². The molecule has 0 bridgehead atoms. The topological polar surface area (TPSA) is 3.24 Å². The van der Waals surface area contributed by atoms with E-state index in [1.165, 1.54) is 55.6 Å². The van der Waals surface area contributed by atoms with Crippen molar-refractivity contribution in [1.29, 1.82) is 0 Å². The highest BCUT2D eigenvalue weighted by molar-refractivity contribution is 5.90. The first-order valence-electron chi connectivity index (χ1n) is 17.5. The minimum absolute atomic E-state index is 1.01. The summed E-state index contributed by atoms with van der Waals surface area (Å²) in [7, 11) is 0. The summed E-state index contributed by atoms with van der Waals surface area (Å²) < 4.78 is 0. The Morgan fingerprint density at radius 1 is 0.440 bits per heavy atom. The van der Waals surface area contributed by atoms with Gasteiger partial charge in [0.05, 0.1) is 0 Å². The molecule has 0 N–H and O–H groups in total. The molecule has 0 heterocycles. The van der Waals surface area contributed by atoms with Crippen LogP contribution in [0.2, 0.25) is 0 Å². The molecule has 0 spiro atoms. The van der Waals surface area contributed by atoms with Crippen LogP contribution < -0.4 is 4.90 Å². The van der Waals surface area contributed by atoms with E-state index in [9.17, 15) is 0 Å². The number of rotatable bonds is 10. The summed E-state index contributed by atoms with van der Waals surface area (Å²) in [5.41, 5.74) is 15.4. The molecule has 0 aliphatic carbocycles. The lowest BCUT2D eigenvalue weighted by Crippen LogP contribution is -2.10. The van der Waals surface area contributed by atoms with Crippen LogP contribution >= 0.6 is 0 Å². The Morgan fingerprint density at radius 3 is 1.44 bits per heavy atom. The third-order valence-corrected chi connectivity index (χ3v) is 9.16. The number of hydrogen-bond acceptors (Lipinski definition) is 1. The molecule has 0 amide bonds. The molecule has 242 valence electrons. The summed E-state index contributed by atoms with van der Waals surface area (Å²) in [6.45, 7) is 4.28. The number of benzene rings is 7. The van der Waals surface area contributed by atoms with E-state index in [0.717, 1.165) is 23.5 Å². The monoisotopic (exact) mass is 643 g/mol. The lowest BCUT2D eigenvalue weighted by atomic mass is 9.91. The molecular formula is C49H41N. The molecule has 0 saturated heterocycles. The lowest BCUT2D eigenvalue weighted by Gasteiger charge is -2.27. The van der Waals surface area contributed by atoms with Gasteiger partial charge in [0, 0.05) is 17.1 Å². The van der Waals surface area contributed by atoms with E-state index >= 15 is 0 Å². The molecule has 0 aliphatic rings. The summed E-state index contributed by atoms with van der Waals surface area (Å²) in [6, 6.07) is 65.5. The minimum atomic E-state index is 1.01. The van der Waals surface area contributed by atoms with Crippen LogP contribution in [0.4, 0.5) is 17.1 Å². The molecule has 0 atom stereocenters. The van der Waals surface area contributed by atoms with E-state index in [-0.39, 0.29) is 0 Å². The smallest absolute Gasteiger partial charge is 0.0468 e. The zero-order valence-corrected chi connectivity index (χ0v) is 28.7. The van der Waals surface area contributed by atoms with Crippen LogP contribution in [0.1, 0.15) is 25.8 Å². The summed E-state index contributed by atoms with van der Waals surface area (Å²) in [6.07, 6.45) is 7.65. The Bertz CT molecular complexity index is 2130. The zero-order chi connectivity index (χ0) is 34.1. The summed E-state index contributed by atoms with van der Waals surface area (Å²) in [4.78, 5) is 2.36. The van der Waals surface area contributed by atoms with E-state index in [4.69, 9.17) is 0 Å². The first-order valence-corrected chi connectivity index (χ1v) is 17.5. The number of anilines is 3. The Balaban J connectivity index is 1.36. The second kappa shape index (κ2) is 15.4. The Morgan fingerprint density at radius 2 is 0.920 bits per heavy atom. The van der Waals surface area contributed by atoms with Gasteiger partial charge in [-0.15, -0.1) is 0 Å². The molecule has 0 saturated carbocycles. The van der Waals surface area contributed by atoms with Crippen molar-refractivity contribution in [2.75, 3.05) is 4.90 Å². The molecule has 0 radical (unpaired) electrons. The van der Waals surface area contributed by atoms with Crippen LogP contribution in [0, 0.1) is 0 Å². The lowest BCUT2D eigenvalue weighted by molar-refractivity contribution is 1.22. The molecule has 50 heavy (non-hydrogen) atoms. The van der Waals surface area contributed by atoms with Gasteiger partial charge in [0.25, 0.3) is 0 Å². The van der Waals surface area contributed by atoms with Crippen molar-refractivity contribution in [2.24, 2.45) is 0 Å². The van der Waals surface area contributed by atoms with Gasteiger partial charge in [0.2, 0.25) is 0 Å². The highest BCUT2D eigenvalue weighted by atomic mass is 15.1. The van der Waals surface area contributed by atoms with Gasteiger partial charge in [-0.1, -0.05) is 165 Å². The number of nitrogens with zero attached hydrogens (tertiary/aromatic N) is 1. The molecule has 1 heteroatoms. The molecule has 0 aliphatic heterocycles. The maximum atomic E-state index is 2.36. The van der Waals surface area contributed by atoms with Crippen molar-refractivity contribution >= 4 is 22.6 Å². The summed E-state index contributed by atoms with van der Waals surface area (Å²) in [5, 5.41) is 0. The van der Waals surface area contributed by atoms with E-state index in [2.05, 4.69) is 219 Å². The normalized spacial score (nSPS) is 11.5. The van der Waals surface area contributed by atoms with Crippen molar-refractivity contribution in [3.8, 4) is 44.5 Å². The molecule has 7 aromatic carbocycles. The molecule has 7 rings (SSSR count). The Labute approximate surface area is 297 Å². The van der Waals surface area contributed by atoms with E-state index in [1.54, 1.807) is 0 Å². The minimum Gasteiger partial charge on any atom is -0.310 e. The quantitative estimate of drug-likeness (QED) is 0.134. The predicted octanol–water partition coefficient (Wildman–Crippen LogP) is 14.2. The van der Waals surface area contributed by atoms with Crippen molar-refractivity contribution in [2.45, 2.75) is 20.3 Å². The van der Waals surface area contributed by atoms with Crippen molar-refractivity contribution in [3.05, 3.63) is 206 Å². The maximum Gasteiger partial charge on any atom is 0.0468 e. The molecule has 7 aromatic rings. The number of allylic oxidation sites excluding steroid dienone is 4. The predicted molar refractivity (Wildman–Crippen MR) is 216 cm³/mol. The highest BCUT2D eigenvalue weighted by Gasteiger charge is 2.17. The van der Waals surface area contributed by atoms with Gasteiger partial charge in [0.15, 0.2) is 0 Å². The van der Waals surface area contributed by atoms with Crippen molar-refractivity contribution < 1.29 is 0 Å². The van der Waals surface area contributed by atoms with E-state index in [1.807, 2.05) is 0 Å². The van der Waals surface area contributed by atoms with Gasteiger partial charge in [-0.05, 0) is 111 Å². The van der Waals surface area contributed by atoms with Gasteiger partial charge in [-0.2, -0.15) is 0 Å². The van der Waals surface area contributed by atoms with Gasteiger partial charge in [0.1, 0.15) is 0 Å². The van der Waals surface area contributed by atoms with Crippen LogP contribution in [-0.4, -0.2) is 0 Å². The second-order valence-corrected chi connectivity index (χ2v) is 12.4. The first-order chi connectivity index (χ1) is 24.7. The van der Waals surface area contributed by atoms with E-state index < -0.39 is 0 Å². The SMILES string of the molecule is C/C=C(\C=C/CC)c1cccc(-c2ccc(N(c3ccc(-c4ccccc4)cc3)c3ccc(-c4ccccc4)cc3)cc2-c2ccccc2)c1. The molecule has 1 nitrogen and oxygen atoms in total. The van der Waals surface area contributed by atoms with Crippen LogP contribution in [-0.2, 0) is 0 Å². The van der Waals surface area contributed by atoms with Gasteiger partial charge >= 0.3 is 0 Å². The summed E-state index contributed by atoms with van der Waals surface area (Å²) in [5.74, 6) is 0. The van der Waals surface area contributed by atoms with Crippen LogP contribution in [0.25, 0.3) is 50.1 Å². The van der Waals surface area contributed by atoms with Gasteiger partial charge in [-0.25, -0.2) is 0 Å². The molecular weight excluding hydrogens is 603 g/mol. The average Bonchev–Trinajstić information content (AvgIpc) is 3.20. The third kappa shape index (κ3) is 7.14. The Kier molecular flexibility index (Phi) is 9.95. The molecule has 0 fully saturated rings. The Hall–Kier alpha value is -6.18. The average molecular weight is 644 g/mol. The first kappa shape index (κ1) is 32.4. The summed E-state index contributed by atoms with van der Waals surface area (Å²) >= 11 is 0. The van der Waals surface area contributed by atoms with Crippen molar-refractivity contribution in [3.63, 3.8) is 0 Å². The standard InChI is InChI=1S/C49H41N/c1-3-5-16-37(4-2)43-23-15-24-44(35-43)48-34-33-47(36-49(48)42-21-13-8-14-22-42)50(45-29-25-40(26-30-45)38-17-9-6-10-18-38)46-31-27-41(28-32-46)39-19-11-7-12-20-39/h4-36H,3H2,1-2H3/b16-5-,37-4+. The zero-order valence-electron chi connectivity index (χ0n) is 28.7. The highest BCUT2D eigenvalue weighted by Crippen LogP contribution is 2.42. The van der Waals surface area contributed by atoms with E-state index in [0.29, 0.717) is 0 Å². The fourth-order valence-corrected chi connectivity index (χ4v) is 6.56.